The molecule has 0 radical (unpaired) electrons. The first kappa shape index (κ1) is 19.4. The number of aromatic carboxylic acids is 1. The van der Waals surface area contributed by atoms with E-state index in [0.717, 1.165) is 37.2 Å². The van der Waals surface area contributed by atoms with Gasteiger partial charge in [-0.2, -0.15) is 0 Å². The summed E-state index contributed by atoms with van der Waals surface area (Å²) < 4.78 is 29.3. The average Bonchev–Trinajstić information content (AvgIpc) is 2.68. The zero-order valence-corrected chi connectivity index (χ0v) is 16.4. The molecule has 2 aromatic rings. The van der Waals surface area contributed by atoms with Crippen molar-refractivity contribution in [3.8, 4) is 0 Å². The van der Waals surface area contributed by atoms with Gasteiger partial charge in [0.05, 0.1) is 5.56 Å². The van der Waals surface area contributed by atoms with E-state index in [1.165, 1.54) is 38.2 Å². The van der Waals surface area contributed by atoms with Gasteiger partial charge in [0.25, 0.3) is 0 Å². The van der Waals surface area contributed by atoms with Crippen molar-refractivity contribution < 1.29 is 18.7 Å². The molecule has 2 nitrogen and oxygen atoms in total. The van der Waals surface area contributed by atoms with Crippen LogP contribution in [0.1, 0.15) is 80.1 Å². The fraction of sp³-hybridized carbons (Fsp3) is 0.542. The third kappa shape index (κ3) is 3.54. The fourth-order valence-corrected chi connectivity index (χ4v) is 5.74. The maximum Gasteiger partial charge on any atom is 0.338 e. The Kier molecular flexibility index (Phi) is 5.39. The number of carboxylic acid groups (broad SMARTS) is 1. The van der Waals surface area contributed by atoms with Crippen molar-refractivity contribution in [1.29, 1.82) is 0 Å². The Labute approximate surface area is 164 Å². The first-order chi connectivity index (χ1) is 13.5. The van der Waals surface area contributed by atoms with E-state index in [-0.39, 0.29) is 17.1 Å². The Morgan fingerprint density at radius 1 is 1.07 bits per heavy atom. The summed E-state index contributed by atoms with van der Waals surface area (Å²) >= 11 is 0. The quantitative estimate of drug-likeness (QED) is 0.619. The molecule has 0 amide bonds. The largest absolute Gasteiger partial charge is 0.478 e. The number of fused-ring (bicyclic) bond motifs is 2. The normalized spacial score (nSPS) is 27.5. The number of carbonyl (C=O) groups is 1. The minimum Gasteiger partial charge on any atom is -0.478 e. The standard InChI is InChI=1S/C24H28F2O2/c1-2-3-14-4-5-16-11-17(7-6-15(16)10-14)19-9-8-18-12-21(24(27)28)22(25)13-20(18)23(19)26/h8-9,12-17H,2-7,10-11H2,1H3,(H,27,28). The molecular weight excluding hydrogens is 358 g/mol. The number of benzene rings is 2. The maximum absolute atomic E-state index is 15.2. The molecule has 4 unspecified atom stereocenters. The summed E-state index contributed by atoms with van der Waals surface area (Å²) in [5.74, 6) is -0.0951. The maximum atomic E-state index is 15.2. The summed E-state index contributed by atoms with van der Waals surface area (Å²) in [5, 5.41) is 9.71. The van der Waals surface area contributed by atoms with E-state index < -0.39 is 17.3 Å². The summed E-state index contributed by atoms with van der Waals surface area (Å²) in [4.78, 5) is 11.1. The third-order valence-corrected chi connectivity index (χ3v) is 7.16. The van der Waals surface area contributed by atoms with Gasteiger partial charge in [-0.3, -0.25) is 0 Å². The SMILES string of the molecule is CCCC1CCC2CC(c3ccc4cc(C(=O)O)c(F)cc4c3F)CCC2C1. The van der Waals surface area contributed by atoms with E-state index in [0.29, 0.717) is 16.9 Å². The Bertz CT molecular complexity index is 892. The highest BCUT2D eigenvalue weighted by Gasteiger charge is 2.36. The second-order valence-electron chi connectivity index (χ2n) is 8.83. The average molecular weight is 386 g/mol. The van der Waals surface area contributed by atoms with Crippen LogP contribution in [0.2, 0.25) is 0 Å². The van der Waals surface area contributed by atoms with E-state index >= 15 is 4.39 Å². The number of hydrogen-bond acceptors (Lipinski definition) is 1. The van der Waals surface area contributed by atoms with Crippen molar-refractivity contribution in [1.82, 2.24) is 0 Å². The molecule has 2 aliphatic rings. The lowest BCUT2D eigenvalue weighted by Gasteiger charge is -2.42. The molecule has 4 heteroatoms. The van der Waals surface area contributed by atoms with Gasteiger partial charge in [0.1, 0.15) is 11.6 Å². The lowest BCUT2D eigenvalue weighted by molar-refractivity contribution is 0.0692. The molecule has 0 aromatic heterocycles. The second-order valence-corrected chi connectivity index (χ2v) is 8.83. The lowest BCUT2D eigenvalue weighted by atomic mass is 9.63. The Morgan fingerprint density at radius 3 is 2.57 bits per heavy atom. The summed E-state index contributed by atoms with van der Waals surface area (Å²) in [6.45, 7) is 2.26. The van der Waals surface area contributed by atoms with Crippen LogP contribution < -0.4 is 0 Å². The van der Waals surface area contributed by atoms with Crippen molar-refractivity contribution in [3.05, 3.63) is 47.0 Å². The van der Waals surface area contributed by atoms with Gasteiger partial charge in [0.2, 0.25) is 0 Å². The summed E-state index contributed by atoms with van der Waals surface area (Å²) in [5.41, 5.74) is 0.258. The third-order valence-electron chi connectivity index (χ3n) is 7.16. The molecule has 2 aliphatic carbocycles. The molecule has 2 saturated carbocycles. The van der Waals surface area contributed by atoms with Crippen LogP contribution in [0.5, 0.6) is 0 Å². The molecular formula is C24H28F2O2. The summed E-state index contributed by atoms with van der Waals surface area (Å²) in [6.07, 6.45) is 9.61. The van der Waals surface area contributed by atoms with Crippen molar-refractivity contribution in [2.45, 2.75) is 64.2 Å². The van der Waals surface area contributed by atoms with Gasteiger partial charge in [-0.05, 0) is 78.9 Å². The van der Waals surface area contributed by atoms with Crippen molar-refractivity contribution in [3.63, 3.8) is 0 Å². The highest BCUT2D eigenvalue weighted by molar-refractivity contribution is 5.95. The summed E-state index contributed by atoms with van der Waals surface area (Å²) in [6, 6.07) is 5.80. The lowest BCUT2D eigenvalue weighted by Crippen LogP contribution is -2.30. The van der Waals surface area contributed by atoms with Crippen LogP contribution in [0, 0.1) is 29.4 Å². The van der Waals surface area contributed by atoms with Gasteiger partial charge in [-0.15, -0.1) is 0 Å². The van der Waals surface area contributed by atoms with Crippen molar-refractivity contribution in [2.24, 2.45) is 17.8 Å². The van der Waals surface area contributed by atoms with Gasteiger partial charge in [0, 0.05) is 5.39 Å². The number of rotatable bonds is 4. The molecule has 28 heavy (non-hydrogen) atoms. The van der Waals surface area contributed by atoms with Crippen LogP contribution >= 0.6 is 0 Å². The van der Waals surface area contributed by atoms with Gasteiger partial charge in [-0.25, -0.2) is 13.6 Å². The van der Waals surface area contributed by atoms with E-state index in [4.69, 9.17) is 5.11 Å². The van der Waals surface area contributed by atoms with E-state index in [2.05, 4.69) is 6.92 Å². The number of carboxylic acids is 1. The molecule has 0 aliphatic heterocycles. The van der Waals surface area contributed by atoms with Gasteiger partial charge in [0.15, 0.2) is 0 Å². The molecule has 0 spiro atoms. The number of hydrogen-bond donors (Lipinski definition) is 1. The predicted molar refractivity (Wildman–Crippen MR) is 107 cm³/mol. The molecule has 0 heterocycles. The molecule has 4 atom stereocenters. The topological polar surface area (TPSA) is 37.3 Å². The first-order valence-electron chi connectivity index (χ1n) is 10.6. The van der Waals surface area contributed by atoms with Crippen LogP contribution in [-0.4, -0.2) is 11.1 Å². The molecule has 2 fully saturated rings. The van der Waals surface area contributed by atoms with Crippen LogP contribution in [0.25, 0.3) is 10.8 Å². The molecule has 1 N–H and O–H groups in total. The highest BCUT2D eigenvalue weighted by atomic mass is 19.1. The minimum absolute atomic E-state index is 0.176. The minimum atomic E-state index is -1.33. The first-order valence-corrected chi connectivity index (χ1v) is 10.6. The van der Waals surface area contributed by atoms with E-state index in [1.807, 2.05) is 0 Å². The zero-order valence-electron chi connectivity index (χ0n) is 16.4. The summed E-state index contributed by atoms with van der Waals surface area (Å²) in [7, 11) is 0. The molecule has 4 rings (SSSR count). The Morgan fingerprint density at radius 2 is 1.82 bits per heavy atom. The molecule has 150 valence electrons. The fourth-order valence-electron chi connectivity index (χ4n) is 5.74. The predicted octanol–water partition coefficient (Wildman–Crippen LogP) is 6.92. The van der Waals surface area contributed by atoms with Crippen molar-refractivity contribution in [2.75, 3.05) is 0 Å². The Balaban J connectivity index is 1.58. The zero-order chi connectivity index (χ0) is 19.8. The second kappa shape index (κ2) is 7.81. The molecule has 2 aromatic carbocycles. The monoisotopic (exact) mass is 386 g/mol. The van der Waals surface area contributed by atoms with Gasteiger partial charge in [-0.1, -0.05) is 38.3 Å². The number of halogens is 2. The van der Waals surface area contributed by atoms with Crippen LogP contribution in [0.4, 0.5) is 8.78 Å². The van der Waals surface area contributed by atoms with Crippen molar-refractivity contribution >= 4 is 16.7 Å². The van der Waals surface area contributed by atoms with Crippen LogP contribution in [0.15, 0.2) is 24.3 Å². The van der Waals surface area contributed by atoms with Gasteiger partial charge >= 0.3 is 5.97 Å². The van der Waals surface area contributed by atoms with Gasteiger partial charge < -0.3 is 5.11 Å². The highest BCUT2D eigenvalue weighted by Crippen LogP contribution is 2.49. The molecule has 0 saturated heterocycles. The van der Waals surface area contributed by atoms with E-state index in [1.54, 1.807) is 12.1 Å². The smallest absolute Gasteiger partial charge is 0.338 e. The van der Waals surface area contributed by atoms with Crippen LogP contribution in [-0.2, 0) is 0 Å². The van der Waals surface area contributed by atoms with Crippen LogP contribution in [0.3, 0.4) is 0 Å². The van der Waals surface area contributed by atoms with E-state index in [9.17, 15) is 9.18 Å². The molecule has 0 bridgehead atoms. The Hall–Kier alpha value is -1.97.